The van der Waals surface area contributed by atoms with Gasteiger partial charge in [-0.25, -0.2) is 4.98 Å². The predicted octanol–water partition coefficient (Wildman–Crippen LogP) is 3.21. The first-order chi connectivity index (χ1) is 12.2. The summed E-state index contributed by atoms with van der Waals surface area (Å²) in [6.07, 6.45) is 4.45. The number of nitrogens with one attached hydrogen (secondary N) is 1. The molecule has 1 amide bonds. The Morgan fingerprint density at radius 3 is 3.08 bits per heavy atom. The fourth-order valence-electron chi connectivity index (χ4n) is 4.43. The monoisotopic (exact) mass is 333 g/mol. The molecule has 1 aromatic heterocycles. The third-order valence-corrected chi connectivity index (χ3v) is 5.67. The van der Waals surface area contributed by atoms with Gasteiger partial charge in [0.1, 0.15) is 5.75 Å². The number of carbonyl (C=O) groups is 1. The molecule has 0 radical (unpaired) electrons. The largest absolute Gasteiger partial charge is 0.508 e. The minimum Gasteiger partial charge on any atom is -0.508 e. The molecule has 2 heterocycles. The molecule has 0 spiro atoms. The third-order valence-electron chi connectivity index (χ3n) is 5.67. The summed E-state index contributed by atoms with van der Waals surface area (Å²) in [5, 5.41) is 9.77. The normalized spacial score (nSPS) is 22.0. The van der Waals surface area contributed by atoms with Gasteiger partial charge in [0.05, 0.1) is 17.4 Å². The van der Waals surface area contributed by atoms with Gasteiger partial charge >= 0.3 is 0 Å². The van der Waals surface area contributed by atoms with Gasteiger partial charge in [-0.05, 0) is 66.6 Å². The minimum atomic E-state index is 0.0992. The summed E-state index contributed by atoms with van der Waals surface area (Å²) in [5.41, 5.74) is 5.02. The van der Waals surface area contributed by atoms with E-state index in [1.807, 2.05) is 35.2 Å². The molecule has 1 fully saturated rings. The molecule has 2 N–H and O–H groups in total. The van der Waals surface area contributed by atoms with E-state index in [4.69, 9.17) is 0 Å². The molecule has 1 aliphatic carbocycles. The van der Waals surface area contributed by atoms with Gasteiger partial charge in [0, 0.05) is 18.2 Å². The summed E-state index contributed by atoms with van der Waals surface area (Å²) in [5.74, 6) is 0.880. The van der Waals surface area contributed by atoms with Crippen molar-refractivity contribution in [1.82, 2.24) is 14.9 Å². The zero-order chi connectivity index (χ0) is 17.0. The van der Waals surface area contributed by atoms with Crippen LogP contribution in [0, 0.1) is 0 Å². The van der Waals surface area contributed by atoms with Crippen molar-refractivity contribution in [2.45, 2.75) is 31.2 Å². The Kier molecular flexibility index (Phi) is 3.10. The van der Waals surface area contributed by atoms with Crippen molar-refractivity contribution in [1.29, 1.82) is 0 Å². The van der Waals surface area contributed by atoms with E-state index in [9.17, 15) is 9.90 Å². The number of aromatic nitrogens is 2. The van der Waals surface area contributed by atoms with Gasteiger partial charge in [-0.15, -0.1) is 0 Å². The maximum atomic E-state index is 13.1. The summed E-state index contributed by atoms with van der Waals surface area (Å²) in [7, 11) is 0. The highest BCUT2D eigenvalue weighted by atomic mass is 16.3. The number of carbonyl (C=O) groups excluding carboxylic acids is 1. The highest BCUT2D eigenvalue weighted by Gasteiger charge is 2.37. The molecule has 5 nitrogen and oxygen atoms in total. The molecule has 2 bridgehead atoms. The van der Waals surface area contributed by atoms with Crippen LogP contribution >= 0.6 is 0 Å². The van der Waals surface area contributed by atoms with E-state index in [1.54, 1.807) is 12.4 Å². The van der Waals surface area contributed by atoms with Crippen molar-refractivity contribution in [3.05, 3.63) is 59.4 Å². The number of amides is 1. The summed E-state index contributed by atoms with van der Waals surface area (Å²) >= 11 is 0. The second kappa shape index (κ2) is 5.34. The summed E-state index contributed by atoms with van der Waals surface area (Å²) < 4.78 is 0. The summed E-state index contributed by atoms with van der Waals surface area (Å²) in [4.78, 5) is 22.4. The van der Waals surface area contributed by atoms with Crippen molar-refractivity contribution < 1.29 is 9.90 Å². The molecule has 0 saturated carbocycles. The quantitative estimate of drug-likeness (QED) is 0.718. The Bertz CT molecular complexity index is 978. The Morgan fingerprint density at radius 1 is 1.24 bits per heavy atom. The second-order valence-corrected chi connectivity index (χ2v) is 7.10. The lowest BCUT2D eigenvalue weighted by atomic mass is 9.75. The van der Waals surface area contributed by atoms with Crippen LogP contribution in [0.25, 0.3) is 11.0 Å². The fraction of sp³-hybridized carbons (Fsp3) is 0.300. The van der Waals surface area contributed by atoms with Crippen LogP contribution in [0.5, 0.6) is 5.75 Å². The van der Waals surface area contributed by atoms with Crippen LogP contribution in [0.3, 0.4) is 0 Å². The molecular weight excluding hydrogens is 314 g/mol. The van der Waals surface area contributed by atoms with Crippen molar-refractivity contribution in [3.63, 3.8) is 0 Å². The van der Waals surface area contributed by atoms with Crippen LogP contribution in [0.1, 0.15) is 40.2 Å². The number of aromatic hydroxyl groups is 1. The molecule has 3 aromatic rings. The lowest BCUT2D eigenvalue weighted by molar-refractivity contribution is 0.0574. The Balaban J connectivity index is 1.45. The molecule has 2 atom stereocenters. The maximum Gasteiger partial charge on any atom is 0.254 e. The van der Waals surface area contributed by atoms with Gasteiger partial charge in [-0.1, -0.05) is 6.07 Å². The molecule has 2 aliphatic rings. The van der Waals surface area contributed by atoms with Gasteiger partial charge in [0.25, 0.3) is 5.91 Å². The number of benzene rings is 2. The molecule has 1 aliphatic heterocycles. The van der Waals surface area contributed by atoms with E-state index in [2.05, 4.69) is 9.97 Å². The number of aromatic amines is 1. The van der Waals surface area contributed by atoms with Crippen LogP contribution < -0.4 is 0 Å². The van der Waals surface area contributed by atoms with Crippen LogP contribution in [0.4, 0.5) is 0 Å². The van der Waals surface area contributed by atoms with E-state index in [0.717, 1.165) is 36.8 Å². The van der Waals surface area contributed by atoms with E-state index in [1.165, 1.54) is 11.1 Å². The first kappa shape index (κ1) is 14.5. The highest BCUT2D eigenvalue weighted by Crippen LogP contribution is 2.41. The molecule has 0 unspecified atom stereocenters. The number of phenols is 1. The lowest BCUT2D eigenvalue weighted by Gasteiger charge is -2.44. The molecular formula is C20H19N3O2. The zero-order valence-electron chi connectivity index (χ0n) is 13.8. The smallest absolute Gasteiger partial charge is 0.254 e. The number of rotatable bonds is 1. The fourth-order valence-corrected chi connectivity index (χ4v) is 4.43. The third kappa shape index (κ3) is 2.30. The van der Waals surface area contributed by atoms with Crippen LogP contribution in [0.2, 0.25) is 0 Å². The average molecular weight is 333 g/mol. The zero-order valence-corrected chi connectivity index (χ0v) is 13.8. The van der Waals surface area contributed by atoms with Crippen molar-refractivity contribution in [3.8, 4) is 5.75 Å². The van der Waals surface area contributed by atoms with Gasteiger partial charge in [-0.2, -0.15) is 0 Å². The van der Waals surface area contributed by atoms with Crippen molar-refractivity contribution in [2.24, 2.45) is 0 Å². The number of H-pyrrole nitrogens is 1. The molecule has 2 aromatic carbocycles. The van der Waals surface area contributed by atoms with Gasteiger partial charge < -0.3 is 15.0 Å². The standard InChI is InChI=1S/C20H19N3O2/c24-16-3-1-12-7-15-8-13(17(12)10-16)5-6-23(15)20(25)14-2-4-18-19(9-14)22-11-21-18/h1-4,9-11,13,15,24H,5-8H2,(H,21,22)/t13-,15-/m1/s1. The van der Waals surface area contributed by atoms with Gasteiger partial charge in [-0.3, -0.25) is 4.79 Å². The number of likely N-dealkylation sites (tertiary alicyclic amines) is 1. The van der Waals surface area contributed by atoms with Gasteiger partial charge in [0.15, 0.2) is 0 Å². The van der Waals surface area contributed by atoms with E-state index in [-0.39, 0.29) is 11.9 Å². The molecule has 1 saturated heterocycles. The number of nitrogens with zero attached hydrogens (tertiary/aromatic N) is 2. The number of piperidine rings is 1. The Labute approximate surface area is 145 Å². The average Bonchev–Trinajstić information content (AvgIpc) is 3.10. The first-order valence-corrected chi connectivity index (χ1v) is 8.75. The van der Waals surface area contributed by atoms with E-state index >= 15 is 0 Å². The number of hydrogen-bond donors (Lipinski definition) is 2. The molecule has 5 rings (SSSR count). The first-order valence-electron chi connectivity index (χ1n) is 8.75. The highest BCUT2D eigenvalue weighted by molar-refractivity contribution is 5.97. The Hall–Kier alpha value is -2.82. The number of imidazole rings is 1. The molecule has 25 heavy (non-hydrogen) atoms. The summed E-state index contributed by atoms with van der Waals surface area (Å²) in [6, 6.07) is 11.6. The van der Waals surface area contributed by atoms with E-state index in [0.29, 0.717) is 17.2 Å². The van der Waals surface area contributed by atoms with Crippen LogP contribution in [-0.4, -0.2) is 38.5 Å². The predicted molar refractivity (Wildman–Crippen MR) is 94.7 cm³/mol. The molecule has 126 valence electrons. The topological polar surface area (TPSA) is 69.2 Å². The SMILES string of the molecule is O=C(c1ccc2nc[nH]c2c1)N1CC[C@@H]2C[C@H]1Cc1ccc(O)cc12. The summed E-state index contributed by atoms with van der Waals surface area (Å²) in [6.45, 7) is 0.768. The second-order valence-electron chi connectivity index (χ2n) is 7.10. The number of phenolic OH excluding ortho intramolecular Hbond substituents is 1. The minimum absolute atomic E-state index is 0.0992. The van der Waals surface area contributed by atoms with Crippen molar-refractivity contribution in [2.75, 3.05) is 6.54 Å². The van der Waals surface area contributed by atoms with Crippen LogP contribution in [-0.2, 0) is 6.42 Å². The van der Waals surface area contributed by atoms with Crippen LogP contribution in [0.15, 0.2) is 42.7 Å². The Morgan fingerprint density at radius 2 is 2.16 bits per heavy atom. The maximum absolute atomic E-state index is 13.1. The number of hydrogen-bond acceptors (Lipinski definition) is 3. The lowest BCUT2D eigenvalue weighted by Crippen LogP contribution is -2.48. The molecule has 5 heteroatoms. The van der Waals surface area contributed by atoms with E-state index < -0.39 is 0 Å². The number of fused-ring (bicyclic) bond motifs is 5. The van der Waals surface area contributed by atoms with Crippen molar-refractivity contribution >= 4 is 16.9 Å². The van der Waals surface area contributed by atoms with Gasteiger partial charge in [0.2, 0.25) is 0 Å².